The number of aryl methyl sites for hydroxylation is 1. The number of carbonyl (C=O) groups is 1. The Morgan fingerprint density at radius 2 is 2.00 bits per heavy atom. The Labute approximate surface area is 171 Å². The first kappa shape index (κ1) is 19.4. The third-order valence-electron chi connectivity index (χ3n) is 4.79. The van der Waals surface area contributed by atoms with Crippen LogP contribution in [0.1, 0.15) is 0 Å². The largest absolute Gasteiger partial charge is 0.497 e. The quantitative estimate of drug-likeness (QED) is 0.552. The maximum Gasteiger partial charge on any atom is 0.278 e. The SMILES string of the molecule is COc1cccc(-c2cn(C)c3c(=O)n(CC(=O)Nc4ccccc4F)cnc23)c1. The zero-order valence-corrected chi connectivity index (χ0v) is 16.4. The van der Waals surface area contributed by atoms with Crippen molar-refractivity contribution in [2.24, 2.45) is 7.05 Å². The average Bonchev–Trinajstić information content (AvgIpc) is 3.09. The number of nitrogens with zero attached hydrogens (tertiary/aromatic N) is 3. The van der Waals surface area contributed by atoms with Gasteiger partial charge in [-0.2, -0.15) is 0 Å². The molecule has 0 saturated heterocycles. The van der Waals surface area contributed by atoms with Gasteiger partial charge in [-0.1, -0.05) is 24.3 Å². The number of carbonyl (C=O) groups excluding carboxylic acids is 1. The Morgan fingerprint density at radius 3 is 2.77 bits per heavy atom. The van der Waals surface area contributed by atoms with Crippen LogP contribution in [-0.4, -0.2) is 27.1 Å². The lowest BCUT2D eigenvalue weighted by Crippen LogP contribution is -2.28. The summed E-state index contributed by atoms with van der Waals surface area (Å²) < 4.78 is 21.9. The first-order chi connectivity index (χ1) is 14.5. The highest BCUT2D eigenvalue weighted by molar-refractivity contribution is 5.93. The molecule has 4 aromatic rings. The van der Waals surface area contributed by atoms with Crippen molar-refractivity contribution >= 4 is 22.6 Å². The van der Waals surface area contributed by atoms with Gasteiger partial charge < -0.3 is 14.6 Å². The summed E-state index contributed by atoms with van der Waals surface area (Å²) in [6.07, 6.45) is 3.15. The van der Waals surface area contributed by atoms with E-state index in [0.717, 1.165) is 11.1 Å². The van der Waals surface area contributed by atoms with Gasteiger partial charge in [0.05, 0.1) is 19.1 Å². The van der Waals surface area contributed by atoms with Crippen LogP contribution in [0.4, 0.5) is 10.1 Å². The van der Waals surface area contributed by atoms with Crippen LogP contribution >= 0.6 is 0 Å². The number of rotatable bonds is 5. The second kappa shape index (κ2) is 7.82. The molecule has 0 radical (unpaired) electrons. The second-order valence-electron chi connectivity index (χ2n) is 6.79. The molecule has 2 aromatic heterocycles. The van der Waals surface area contributed by atoms with Gasteiger partial charge in [0, 0.05) is 18.8 Å². The van der Waals surface area contributed by atoms with Gasteiger partial charge in [0.15, 0.2) is 0 Å². The number of hydrogen-bond acceptors (Lipinski definition) is 4. The Bertz CT molecular complexity index is 1310. The zero-order chi connectivity index (χ0) is 21.3. The van der Waals surface area contributed by atoms with Crippen LogP contribution in [0, 0.1) is 5.82 Å². The number of nitrogens with one attached hydrogen (secondary N) is 1. The summed E-state index contributed by atoms with van der Waals surface area (Å²) in [6.45, 7) is -0.282. The van der Waals surface area contributed by atoms with Crippen molar-refractivity contribution in [3.05, 3.63) is 77.2 Å². The van der Waals surface area contributed by atoms with E-state index >= 15 is 0 Å². The van der Waals surface area contributed by atoms with E-state index in [4.69, 9.17) is 4.74 Å². The van der Waals surface area contributed by atoms with E-state index in [-0.39, 0.29) is 17.8 Å². The van der Waals surface area contributed by atoms with E-state index in [1.807, 2.05) is 30.5 Å². The molecule has 1 amide bonds. The zero-order valence-electron chi connectivity index (χ0n) is 16.4. The van der Waals surface area contributed by atoms with Crippen molar-refractivity contribution in [1.82, 2.24) is 14.1 Å². The van der Waals surface area contributed by atoms with Gasteiger partial charge >= 0.3 is 0 Å². The molecular formula is C22H19FN4O3. The minimum atomic E-state index is -0.544. The number of para-hydroxylation sites is 1. The molecule has 0 bridgehead atoms. The summed E-state index contributed by atoms with van der Waals surface area (Å²) in [7, 11) is 3.34. The van der Waals surface area contributed by atoms with E-state index in [9.17, 15) is 14.0 Å². The Hall–Kier alpha value is -3.94. The molecule has 0 spiro atoms. The van der Waals surface area contributed by atoms with Gasteiger partial charge in [0.25, 0.3) is 5.56 Å². The predicted octanol–water partition coefficient (Wildman–Crippen LogP) is 3.19. The number of methoxy groups -OCH3 is 1. The first-order valence-corrected chi connectivity index (χ1v) is 9.21. The standard InChI is InChI=1S/C22H19FN4O3/c1-26-11-16(14-6-5-7-15(10-14)30-2)20-21(26)22(29)27(13-24-20)12-19(28)25-18-9-4-3-8-17(18)23/h3-11,13H,12H2,1-2H3,(H,25,28). The number of benzene rings is 2. The lowest BCUT2D eigenvalue weighted by atomic mass is 10.1. The first-order valence-electron chi connectivity index (χ1n) is 9.21. The lowest BCUT2D eigenvalue weighted by molar-refractivity contribution is -0.116. The minimum absolute atomic E-state index is 0.0590. The molecular weight excluding hydrogens is 387 g/mol. The highest BCUT2D eigenvalue weighted by Crippen LogP contribution is 2.29. The predicted molar refractivity (Wildman–Crippen MR) is 112 cm³/mol. The van der Waals surface area contributed by atoms with Crippen LogP contribution in [0.15, 0.2) is 65.8 Å². The fourth-order valence-electron chi connectivity index (χ4n) is 3.33. The second-order valence-corrected chi connectivity index (χ2v) is 6.79. The summed E-state index contributed by atoms with van der Waals surface area (Å²) >= 11 is 0. The number of anilines is 1. The van der Waals surface area contributed by atoms with E-state index in [1.54, 1.807) is 24.8 Å². The van der Waals surface area contributed by atoms with Crippen LogP contribution in [0.2, 0.25) is 0 Å². The lowest BCUT2D eigenvalue weighted by Gasteiger charge is -2.08. The summed E-state index contributed by atoms with van der Waals surface area (Å²) in [5.74, 6) is -0.370. The minimum Gasteiger partial charge on any atom is -0.497 e. The molecule has 0 aliphatic rings. The van der Waals surface area contributed by atoms with Crippen LogP contribution in [0.3, 0.4) is 0 Å². The molecule has 2 heterocycles. The monoisotopic (exact) mass is 406 g/mol. The van der Waals surface area contributed by atoms with Crippen LogP contribution in [0.25, 0.3) is 22.2 Å². The Balaban J connectivity index is 1.68. The van der Waals surface area contributed by atoms with Crippen molar-refractivity contribution in [1.29, 1.82) is 0 Å². The summed E-state index contributed by atoms with van der Waals surface area (Å²) in [5, 5.41) is 2.47. The number of amides is 1. The molecule has 0 atom stereocenters. The normalized spacial score (nSPS) is 10.9. The Kier molecular flexibility index (Phi) is 5.05. The van der Waals surface area contributed by atoms with Crippen LogP contribution < -0.4 is 15.6 Å². The maximum atomic E-state index is 13.7. The average molecular weight is 406 g/mol. The molecule has 0 saturated carbocycles. The third kappa shape index (κ3) is 3.55. The molecule has 1 N–H and O–H groups in total. The summed E-state index contributed by atoms with van der Waals surface area (Å²) in [5.41, 5.74) is 2.24. The molecule has 8 heteroatoms. The highest BCUT2D eigenvalue weighted by Gasteiger charge is 2.16. The topological polar surface area (TPSA) is 78.1 Å². The van der Waals surface area contributed by atoms with E-state index in [2.05, 4.69) is 10.3 Å². The summed E-state index contributed by atoms with van der Waals surface area (Å²) in [4.78, 5) is 29.7. The smallest absolute Gasteiger partial charge is 0.278 e. The fraction of sp³-hybridized carbons (Fsp3) is 0.136. The molecule has 30 heavy (non-hydrogen) atoms. The third-order valence-corrected chi connectivity index (χ3v) is 4.79. The molecule has 4 rings (SSSR count). The van der Waals surface area contributed by atoms with Crippen molar-refractivity contribution in [2.75, 3.05) is 12.4 Å². The van der Waals surface area contributed by atoms with Gasteiger partial charge in [0.2, 0.25) is 5.91 Å². The van der Waals surface area contributed by atoms with Crippen LogP contribution in [-0.2, 0) is 18.4 Å². The maximum absolute atomic E-state index is 13.7. The van der Waals surface area contributed by atoms with Crippen molar-refractivity contribution in [3.8, 4) is 16.9 Å². The molecule has 2 aromatic carbocycles. The van der Waals surface area contributed by atoms with Crippen molar-refractivity contribution in [2.45, 2.75) is 6.54 Å². The molecule has 0 aliphatic heterocycles. The van der Waals surface area contributed by atoms with Gasteiger partial charge in [-0.15, -0.1) is 0 Å². The summed E-state index contributed by atoms with van der Waals surface area (Å²) in [6, 6.07) is 13.3. The van der Waals surface area contributed by atoms with E-state index in [1.165, 1.54) is 29.1 Å². The van der Waals surface area contributed by atoms with Crippen molar-refractivity contribution < 1.29 is 13.9 Å². The molecule has 0 unspecified atom stereocenters. The Morgan fingerprint density at radius 1 is 1.20 bits per heavy atom. The van der Waals surface area contributed by atoms with Gasteiger partial charge in [-0.3, -0.25) is 14.2 Å². The number of ether oxygens (including phenoxy) is 1. The van der Waals surface area contributed by atoms with Gasteiger partial charge in [-0.25, -0.2) is 9.37 Å². The molecule has 0 fully saturated rings. The molecule has 152 valence electrons. The van der Waals surface area contributed by atoms with E-state index < -0.39 is 11.7 Å². The number of aromatic nitrogens is 3. The van der Waals surface area contributed by atoms with Crippen molar-refractivity contribution in [3.63, 3.8) is 0 Å². The van der Waals surface area contributed by atoms with Gasteiger partial charge in [0.1, 0.15) is 29.1 Å². The molecule has 0 aliphatic carbocycles. The van der Waals surface area contributed by atoms with E-state index in [0.29, 0.717) is 16.8 Å². The fourth-order valence-corrected chi connectivity index (χ4v) is 3.33. The van der Waals surface area contributed by atoms with Gasteiger partial charge in [-0.05, 0) is 29.8 Å². The number of hydrogen-bond donors (Lipinski definition) is 1. The number of halogens is 1. The van der Waals surface area contributed by atoms with Crippen LogP contribution in [0.5, 0.6) is 5.75 Å². The highest BCUT2D eigenvalue weighted by atomic mass is 19.1. The number of fused-ring (bicyclic) bond motifs is 1. The molecule has 7 nitrogen and oxygen atoms in total.